The second-order valence-electron chi connectivity index (χ2n) is 6.98. The molecule has 1 fully saturated rings. The standard InChI is InChI=1S/C16H22O.C6H14O2.C2H4/c1-12-5-3-4-6-16(12)13(2)15-9-7-14(11-17)8-10-15;1-4-7-6(3)8-5-2;1-2/h7-13,16H,3-6H2,1-2H3;6H,4-5H2,1-3H3;1-2H2. The summed E-state index contributed by atoms with van der Waals surface area (Å²) in [5, 5.41) is 0. The van der Waals surface area contributed by atoms with Gasteiger partial charge in [0.25, 0.3) is 0 Å². The molecule has 3 heteroatoms. The summed E-state index contributed by atoms with van der Waals surface area (Å²) in [6.45, 7) is 18.0. The van der Waals surface area contributed by atoms with E-state index in [9.17, 15) is 4.79 Å². The number of hydrogen-bond donors (Lipinski definition) is 0. The van der Waals surface area contributed by atoms with E-state index in [-0.39, 0.29) is 6.29 Å². The summed E-state index contributed by atoms with van der Waals surface area (Å²) in [5.74, 6) is 2.27. The quantitative estimate of drug-likeness (QED) is 0.304. The highest BCUT2D eigenvalue weighted by atomic mass is 16.7. The summed E-state index contributed by atoms with van der Waals surface area (Å²) in [6, 6.07) is 8.12. The molecular weight excluding hydrogens is 336 g/mol. The maximum Gasteiger partial charge on any atom is 0.154 e. The zero-order chi connectivity index (χ0) is 20.7. The number of carbonyl (C=O) groups is 1. The van der Waals surface area contributed by atoms with Crippen LogP contribution in [0.25, 0.3) is 0 Å². The molecule has 0 bridgehead atoms. The van der Waals surface area contributed by atoms with Gasteiger partial charge < -0.3 is 9.47 Å². The van der Waals surface area contributed by atoms with Gasteiger partial charge in [0.2, 0.25) is 0 Å². The van der Waals surface area contributed by atoms with Crippen molar-refractivity contribution in [2.75, 3.05) is 13.2 Å². The molecule has 0 N–H and O–H groups in total. The van der Waals surface area contributed by atoms with Crippen LogP contribution in [-0.4, -0.2) is 25.8 Å². The minimum absolute atomic E-state index is 0.0370. The van der Waals surface area contributed by atoms with Crippen LogP contribution < -0.4 is 0 Å². The van der Waals surface area contributed by atoms with Crippen molar-refractivity contribution in [3.8, 4) is 0 Å². The summed E-state index contributed by atoms with van der Waals surface area (Å²) in [5.41, 5.74) is 2.16. The molecule has 0 aliphatic heterocycles. The number of rotatable bonds is 7. The number of benzene rings is 1. The molecule has 27 heavy (non-hydrogen) atoms. The molecule has 0 spiro atoms. The Morgan fingerprint density at radius 3 is 2.00 bits per heavy atom. The molecule has 3 unspecified atom stereocenters. The molecule has 0 aromatic heterocycles. The monoisotopic (exact) mass is 376 g/mol. The summed E-state index contributed by atoms with van der Waals surface area (Å²) < 4.78 is 10.1. The Labute approximate surface area is 167 Å². The molecule has 0 heterocycles. The molecule has 0 saturated heterocycles. The van der Waals surface area contributed by atoms with Gasteiger partial charge in [-0.15, -0.1) is 13.2 Å². The maximum atomic E-state index is 10.6. The highest BCUT2D eigenvalue weighted by Crippen LogP contribution is 2.39. The molecule has 2 rings (SSSR count). The second-order valence-corrected chi connectivity index (χ2v) is 6.98. The minimum atomic E-state index is -0.0370. The SMILES string of the molecule is C=C.CC1CCCCC1C(C)c1ccc(C=O)cc1.CCOC(C)OCC. The Balaban J connectivity index is 0.000000574. The van der Waals surface area contributed by atoms with Crippen LogP contribution in [0.1, 0.15) is 82.1 Å². The van der Waals surface area contributed by atoms with Crippen LogP contribution in [-0.2, 0) is 9.47 Å². The fourth-order valence-electron chi connectivity index (χ4n) is 3.73. The largest absolute Gasteiger partial charge is 0.353 e. The van der Waals surface area contributed by atoms with Gasteiger partial charge in [-0.1, -0.05) is 57.4 Å². The molecule has 3 atom stereocenters. The normalized spacial score (nSPS) is 19.9. The lowest BCUT2D eigenvalue weighted by atomic mass is 9.72. The third kappa shape index (κ3) is 9.88. The molecule has 0 radical (unpaired) electrons. The van der Waals surface area contributed by atoms with Gasteiger partial charge >= 0.3 is 0 Å². The Morgan fingerprint density at radius 1 is 1.04 bits per heavy atom. The van der Waals surface area contributed by atoms with Gasteiger partial charge in [0.15, 0.2) is 6.29 Å². The third-order valence-corrected chi connectivity index (χ3v) is 5.22. The molecule has 1 aliphatic carbocycles. The summed E-state index contributed by atoms with van der Waals surface area (Å²) in [4.78, 5) is 10.6. The van der Waals surface area contributed by atoms with Crippen molar-refractivity contribution in [2.45, 2.75) is 72.5 Å². The van der Waals surface area contributed by atoms with Crippen LogP contribution in [0.2, 0.25) is 0 Å². The molecule has 154 valence electrons. The predicted octanol–water partition coefficient (Wildman–Crippen LogP) is 6.64. The first-order chi connectivity index (χ1) is 13.0. The topological polar surface area (TPSA) is 35.5 Å². The first-order valence-corrected chi connectivity index (χ1v) is 10.3. The third-order valence-electron chi connectivity index (χ3n) is 5.22. The Hall–Kier alpha value is -1.45. The Kier molecular flexibility index (Phi) is 14.8. The van der Waals surface area contributed by atoms with E-state index in [1.165, 1.54) is 31.2 Å². The van der Waals surface area contributed by atoms with E-state index in [4.69, 9.17) is 9.47 Å². The van der Waals surface area contributed by atoms with Crippen LogP contribution in [0.15, 0.2) is 37.4 Å². The van der Waals surface area contributed by atoms with Crippen molar-refractivity contribution in [1.82, 2.24) is 0 Å². The van der Waals surface area contributed by atoms with E-state index in [0.717, 1.165) is 36.9 Å². The average molecular weight is 377 g/mol. The van der Waals surface area contributed by atoms with Gasteiger partial charge in [0.05, 0.1) is 0 Å². The molecule has 0 amide bonds. The Morgan fingerprint density at radius 2 is 1.56 bits per heavy atom. The van der Waals surface area contributed by atoms with Crippen molar-refractivity contribution >= 4 is 6.29 Å². The summed E-state index contributed by atoms with van der Waals surface area (Å²) in [6.07, 6.45) is 6.39. The van der Waals surface area contributed by atoms with Gasteiger partial charge in [0, 0.05) is 18.8 Å². The van der Waals surface area contributed by atoms with E-state index < -0.39 is 0 Å². The number of carbonyl (C=O) groups excluding carboxylic acids is 1. The number of hydrogen-bond acceptors (Lipinski definition) is 3. The zero-order valence-electron chi connectivity index (χ0n) is 18.1. The first-order valence-electron chi connectivity index (χ1n) is 10.3. The van der Waals surface area contributed by atoms with E-state index in [1.807, 2.05) is 32.9 Å². The summed E-state index contributed by atoms with van der Waals surface area (Å²) >= 11 is 0. The van der Waals surface area contributed by atoms with Crippen molar-refractivity contribution in [2.24, 2.45) is 11.8 Å². The molecule has 1 aromatic rings. The lowest BCUT2D eigenvalue weighted by Gasteiger charge is -2.33. The van der Waals surface area contributed by atoms with Crippen molar-refractivity contribution in [3.63, 3.8) is 0 Å². The predicted molar refractivity (Wildman–Crippen MR) is 115 cm³/mol. The van der Waals surface area contributed by atoms with Gasteiger partial charge in [-0.05, 0) is 50.5 Å². The average Bonchev–Trinajstić information content (AvgIpc) is 2.70. The van der Waals surface area contributed by atoms with Gasteiger partial charge in [-0.2, -0.15) is 0 Å². The van der Waals surface area contributed by atoms with E-state index in [1.54, 1.807) is 0 Å². The van der Waals surface area contributed by atoms with Crippen LogP contribution in [0.3, 0.4) is 0 Å². The maximum absolute atomic E-state index is 10.6. The molecule has 1 saturated carbocycles. The first kappa shape index (κ1) is 25.6. The highest BCUT2D eigenvalue weighted by Gasteiger charge is 2.27. The fraction of sp³-hybridized carbons (Fsp3) is 0.625. The fourth-order valence-corrected chi connectivity index (χ4v) is 3.73. The Bertz CT molecular complexity index is 477. The lowest BCUT2D eigenvalue weighted by molar-refractivity contribution is -0.123. The van der Waals surface area contributed by atoms with Crippen LogP contribution in [0.4, 0.5) is 0 Å². The minimum Gasteiger partial charge on any atom is -0.353 e. The molecule has 3 nitrogen and oxygen atoms in total. The van der Waals surface area contributed by atoms with E-state index in [2.05, 4.69) is 39.1 Å². The number of ether oxygens (including phenoxy) is 2. The van der Waals surface area contributed by atoms with Gasteiger partial charge in [-0.3, -0.25) is 4.79 Å². The molecule has 1 aliphatic rings. The van der Waals surface area contributed by atoms with E-state index >= 15 is 0 Å². The molecular formula is C24H40O3. The van der Waals surface area contributed by atoms with Crippen molar-refractivity contribution in [3.05, 3.63) is 48.6 Å². The van der Waals surface area contributed by atoms with Crippen molar-refractivity contribution < 1.29 is 14.3 Å². The summed E-state index contributed by atoms with van der Waals surface area (Å²) in [7, 11) is 0. The molecule has 1 aromatic carbocycles. The van der Waals surface area contributed by atoms with Crippen LogP contribution >= 0.6 is 0 Å². The zero-order valence-corrected chi connectivity index (χ0v) is 18.1. The van der Waals surface area contributed by atoms with Crippen LogP contribution in [0.5, 0.6) is 0 Å². The van der Waals surface area contributed by atoms with E-state index in [0.29, 0.717) is 5.92 Å². The van der Waals surface area contributed by atoms with Crippen molar-refractivity contribution in [1.29, 1.82) is 0 Å². The number of aldehydes is 1. The van der Waals surface area contributed by atoms with Gasteiger partial charge in [0.1, 0.15) is 6.29 Å². The second kappa shape index (κ2) is 15.6. The lowest BCUT2D eigenvalue weighted by Crippen LogP contribution is -2.22. The van der Waals surface area contributed by atoms with Crippen LogP contribution in [0, 0.1) is 11.8 Å². The van der Waals surface area contributed by atoms with Gasteiger partial charge in [-0.25, -0.2) is 0 Å². The smallest absolute Gasteiger partial charge is 0.154 e. The highest BCUT2D eigenvalue weighted by molar-refractivity contribution is 5.74.